The van der Waals surface area contributed by atoms with Crippen molar-refractivity contribution >= 4 is 21.6 Å². The van der Waals surface area contributed by atoms with Gasteiger partial charge in [-0.1, -0.05) is 23.8 Å². The highest BCUT2D eigenvalue weighted by Gasteiger charge is 2.16. The summed E-state index contributed by atoms with van der Waals surface area (Å²) < 4.78 is 29.5. The highest BCUT2D eigenvalue weighted by Crippen LogP contribution is 2.21. The SMILES string of the molecule is Cc1ccc(S(=O)(=O)Nc2cc(C(=O)NCc3ccnn3C)ccc2C)cc1. The molecule has 1 amide bonds. The van der Waals surface area contributed by atoms with Gasteiger partial charge in [-0.3, -0.25) is 14.2 Å². The molecule has 0 aliphatic carbocycles. The summed E-state index contributed by atoms with van der Waals surface area (Å²) in [6.45, 7) is 4.00. The lowest BCUT2D eigenvalue weighted by atomic mass is 10.1. The monoisotopic (exact) mass is 398 g/mol. The molecule has 0 unspecified atom stereocenters. The Labute approximate surface area is 164 Å². The van der Waals surface area contributed by atoms with Gasteiger partial charge in [0.25, 0.3) is 15.9 Å². The Hall–Kier alpha value is -3.13. The number of rotatable bonds is 6. The van der Waals surface area contributed by atoms with Gasteiger partial charge in [-0.25, -0.2) is 8.42 Å². The molecule has 0 bridgehead atoms. The van der Waals surface area contributed by atoms with Gasteiger partial charge >= 0.3 is 0 Å². The standard InChI is InChI=1S/C20H22N4O3S/c1-14-4-8-18(9-5-14)28(26,27)23-19-12-16(7-6-15(19)2)20(25)21-13-17-10-11-22-24(17)3/h4-12,23H,13H2,1-3H3,(H,21,25). The number of carbonyl (C=O) groups is 1. The molecular weight excluding hydrogens is 376 g/mol. The van der Waals surface area contributed by atoms with Crippen LogP contribution in [0.25, 0.3) is 0 Å². The highest BCUT2D eigenvalue weighted by molar-refractivity contribution is 7.92. The zero-order chi connectivity index (χ0) is 20.3. The maximum absolute atomic E-state index is 12.6. The molecule has 0 saturated carbocycles. The summed E-state index contributed by atoms with van der Waals surface area (Å²) in [5.41, 5.74) is 3.30. The van der Waals surface area contributed by atoms with Crippen LogP contribution in [0.15, 0.2) is 59.6 Å². The Balaban J connectivity index is 1.78. The van der Waals surface area contributed by atoms with Crippen molar-refractivity contribution in [3.8, 4) is 0 Å². The number of carbonyl (C=O) groups excluding carboxylic acids is 1. The summed E-state index contributed by atoms with van der Waals surface area (Å²) in [6.07, 6.45) is 1.66. The zero-order valence-electron chi connectivity index (χ0n) is 15.9. The van der Waals surface area contributed by atoms with Gasteiger partial charge < -0.3 is 5.32 Å². The first-order chi connectivity index (χ1) is 13.3. The van der Waals surface area contributed by atoms with Gasteiger partial charge in [-0.05, 0) is 49.7 Å². The second-order valence-corrected chi connectivity index (χ2v) is 8.26. The smallest absolute Gasteiger partial charge is 0.261 e. The Morgan fingerprint density at radius 2 is 1.79 bits per heavy atom. The minimum atomic E-state index is -3.74. The number of hydrogen-bond donors (Lipinski definition) is 2. The molecule has 0 aliphatic heterocycles. The molecule has 146 valence electrons. The van der Waals surface area contributed by atoms with Crippen molar-refractivity contribution in [2.24, 2.45) is 7.05 Å². The van der Waals surface area contributed by atoms with Crippen LogP contribution in [-0.2, 0) is 23.6 Å². The van der Waals surface area contributed by atoms with Gasteiger partial charge in [-0.15, -0.1) is 0 Å². The van der Waals surface area contributed by atoms with Crippen LogP contribution in [0.1, 0.15) is 27.2 Å². The van der Waals surface area contributed by atoms with Crippen molar-refractivity contribution in [1.29, 1.82) is 0 Å². The van der Waals surface area contributed by atoms with Crippen LogP contribution < -0.4 is 10.0 Å². The summed E-state index contributed by atoms with van der Waals surface area (Å²) in [5, 5.41) is 6.87. The third-order valence-corrected chi connectivity index (χ3v) is 5.81. The molecule has 0 atom stereocenters. The molecule has 0 saturated heterocycles. The van der Waals surface area contributed by atoms with Crippen LogP contribution in [0.5, 0.6) is 0 Å². The minimum absolute atomic E-state index is 0.170. The number of nitrogens with one attached hydrogen (secondary N) is 2. The van der Waals surface area contributed by atoms with E-state index >= 15 is 0 Å². The normalized spacial score (nSPS) is 11.2. The van der Waals surface area contributed by atoms with Gasteiger partial charge in [0.2, 0.25) is 0 Å². The average Bonchev–Trinajstić information content (AvgIpc) is 3.06. The predicted molar refractivity (Wildman–Crippen MR) is 108 cm³/mol. The number of aryl methyl sites for hydroxylation is 3. The first-order valence-corrected chi connectivity index (χ1v) is 10.2. The van der Waals surface area contributed by atoms with Crippen molar-refractivity contribution in [3.05, 3.63) is 77.1 Å². The quantitative estimate of drug-likeness (QED) is 0.668. The number of hydrogen-bond acceptors (Lipinski definition) is 4. The lowest BCUT2D eigenvalue weighted by Gasteiger charge is -2.13. The van der Waals surface area contributed by atoms with Crippen molar-refractivity contribution < 1.29 is 13.2 Å². The summed E-state index contributed by atoms with van der Waals surface area (Å²) in [4.78, 5) is 12.6. The Bertz CT molecular complexity index is 1100. The molecule has 2 aromatic carbocycles. The number of sulfonamides is 1. The van der Waals surface area contributed by atoms with Gasteiger partial charge in [-0.2, -0.15) is 5.10 Å². The van der Waals surface area contributed by atoms with E-state index in [2.05, 4.69) is 15.1 Å². The van der Waals surface area contributed by atoms with E-state index in [1.165, 1.54) is 0 Å². The molecule has 1 heterocycles. The van der Waals surface area contributed by atoms with Crippen LogP contribution in [0.3, 0.4) is 0 Å². The van der Waals surface area contributed by atoms with Crippen molar-refractivity contribution in [3.63, 3.8) is 0 Å². The molecule has 1 aromatic heterocycles. The number of benzene rings is 2. The molecule has 3 rings (SSSR count). The maximum Gasteiger partial charge on any atom is 0.261 e. The van der Waals surface area contributed by atoms with Crippen molar-refractivity contribution in [2.45, 2.75) is 25.3 Å². The van der Waals surface area contributed by atoms with Crippen molar-refractivity contribution in [2.75, 3.05) is 4.72 Å². The molecule has 28 heavy (non-hydrogen) atoms. The average molecular weight is 398 g/mol. The third-order valence-electron chi connectivity index (χ3n) is 4.43. The number of amides is 1. The fraction of sp³-hybridized carbons (Fsp3) is 0.200. The summed E-state index contributed by atoms with van der Waals surface area (Å²) in [7, 11) is -1.94. The molecular formula is C20H22N4O3S. The van der Waals surface area contributed by atoms with Gasteiger partial charge in [0.05, 0.1) is 22.8 Å². The van der Waals surface area contributed by atoms with E-state index in [0.29, 0.717) is 17.8 Å². The van der Waals surface area contributed by atoms with Gasteiger partial charge in [0, 0.05) is 18.8 Å². The Kier molecular flexibility index (Phi) is 5.51. The van der Waals surface area contributed by atoms with Crippen LogP contribution in [0, 0.1) is 13.8 Å². The van der Waals surface area contributed by atoms with E-state index in [9.17, 15) is 13.2 Å². The van der Waals surface area contributed by atoms with E-state index in [0.717, 1.165) is 16.8 Å². The maximum atomic E-state index is 12.6. The summed E-state index contributed by atoms with van der Waals surface area (Å²) in [5.74, 6) is -0.294. The molecule has 0 fully saturated rings. The van der Waals surface area contributed by atoms with Gasteiger partial charge in [0.15, 0.2) is 0 Å². The van der Waals surface area contributed by atoms with Crippen LogP contribution in [-0.4, -0.2) is 24.1 Å². The summed E-state index contributed by atoms with van der Waals surface area (Å²) >= 11 is 0. The predicted octanol–water partition coefficient (Wildman–Crippen LogP) is 2.77. The minimum Gasteiger partial charge on any atom is -0.346 e. The zero-order valence-corrected chi connectivity index (χ0v) is 16.7. The molecule has 7 nitrogen and oxygen atoms in total. The van der Waals surface area contributed by atoms with E-state index < -0.39 is 10.0 Å². The molecule has 2 N–H and O–H groups in total. The first kappa shape index (κ1) is 19.6. The van der Waals surface area contributed by atoms with Gasteiger partial charge in [0.1, 0.15) is 0 Å². The van der Waals surface area contributed by atoms with Crippen LogP contribution in [0.4, 0.5) is 5.69 Å². The lowest BCUT2D eigenvalue weighted by Crippen LogP contribution is -2.24. The number of nitrogens with zero attached hydrogens (tertiary/aromatic N) is 2. The molecule has 0 radical (unpaired) electrons. The van der Waals surface area contributed by atoms with E-state index in [4.69, 9.17) is 0 Å². The molecule has 3 aromatic rings. The number of aromatic nitrogens is 2. The molecule has 0 aliphatic rings. The van der Waals surface area contributed by atoms with E-state index in [1.807, 2.05) is 13.0 Å². The van der Waals surface area contributed by atoms with E-state index in [1.54, 1.807) is 67.3 Å². The topological polar surface area (TPSA) is 93.1 Å². The second-order valence-electron chi connectivity index (χ2n) is 6.58. The van der Waals surface area contributed by atoms with Crippen LogP contribution in [0.2, 0.25) is 0 Å². The molecule has 8 heteroatoms. The fourth-order valence-electron chi connectivity index (χ4n) is 2.64. The van der Waals surface area contributed by atoms with Crippen molar-refractivity contribution in [1.82, 2.24) is 15.1 Å². The fourth-order valence-corrected chi connectivity index (χ4v) is 3.76. The number of anilines is 1. The second kappa shape index (κ2) is 7.85. The highest BCUT2D eigenvalue weighted by atomic mass is 32.2. The summed E-state index contributed by atoms with van der Waals surface area (Å²) in [6, 6.07) is 13.3. The third kappa shape index (κ3) is 4.40. The first-order valence-electron chi connectivity index (χ1n) is 8.71. The largest absolute Gasteiger partial charge is 0.346 e. The molecule has 0 spiro atoms. The van der Waals surface area contributed by atoms with Crippen LogP contribution >= 0.6 is 0 Å². The Morgan fingerprint density at radius 1 is 1.07 bits per heavy atom. The lowest BCUT2D eigenvalue weighted by molar-refractivity contribution is 0.0950. The Morgan fingerprint density at radius 3 is 2.43 bits per heavy atom. The van der Waals surface area contributed by atoms with E-state index in [-0.39, 0.29) is 10.8 Å².